The van der Waals surface area contributed by atoms with Gasteiger partial charge in [-0.1, -0.05) is 24.3 Å². The first-order valence-corrected chi connectivity index (χ1v) is 8.82. The number of amidine groups is 1. The van der Waals surface area contributed by atoms with Crippen LogP contribution in [0.1, 0.15) is 45.9 Å². The molecule has 26 heavy (non-hydrogen) atoms. The summed E-state index contributed by atoms with van der Waals surface area (Å²) in [4.78, 5) is 19.4. The van der Waals surface area contributed by atoms with Crippen molar-refractivity contribution in [3.63, 3.8) is 0 Å². The first-order valence-electron chi connectivity index (χ1n) is 8.82. The quantitative estimate of drug-likeness (QED) is 0.767. The summed E-state index contributed by atoms with van der Waals surface area (Å²) in [6.45, 7) is 2.56. The Balaban J connectivity index is 1.57. The van der Waals surface area contributed by atoms with E-state index in [0.29, 0.717) is 30.6 Å². The summed E-state index contributed by atoms with van der Waals surface area (Å²) in [5, 5.41) is 3.41. The Bertz CT molecular complexity index is 986. The number of aliphatic imine (C=N–C) groups is 1. The van der Waals surface area contributed by atoms with Gasteiger partial charge in [-0.15, -0.1) is 0 Å². The molecule has 0 aromatic heterocycles. The Morgan fingerprint density at radius 3 is 2.92 bits per heavy atom. The number of hydrogen-bond acceptors (Lipinski definition) is 4. The minimum absolute atomic E-state index is 0.0368. The monoisotopic (exact) mass is 350 g/mol. The Kier molecular flexibility index (Phi) is 2.99. The van der Waals surface area contributed by atoms with Crippen LogP contribution < -0.4 is 11.1 Å². The van der Waals surface area contributed by atoms with E-state index in [1.54, 1.807) is 6.07 Å². The van der Waals surface area contributed by atoms with Crippen molar-refractivity contribution in [1.82, 2.24) is 4.90 Å². The van der Waals surface area contributed by atoms with E-state index in [1.807, 2.05) is 36.1 Å². The predicted molar refractivity (Wildman–Crippen MR) is 97.7 cm³/mol. The van der Waals surface area contributed by atoms with Crippen LogP contribution in [0, 0.1) is 12.7 Å². The standard InChI is InChI=1S/C20H19FN4O/c1-11-4-2-5-12-15-10-20(8-9-25(15)19(26)16(11)12)23-14-7-3-6-13(21)17(14)18(22)24-20/h2-7,15,23H,8-10H2,1H3,(H2,22,24)/t15?,20-/m1/s1. The number of carbonyl (C=O) groups excluding carboxylic acids is 1. The van der Waals surface area contributed by atoms with Crippen LogP contribution in [-0.2, 0) is 0 Å². The highest BCUT2D eigenvalue weighted by atomic mass is 19.1. The molecule has 5 rings (SSSR count). The summed E-state index contributed by atoms with van der Waals surface area (Å²) < 4.78 is 14.1. The smallest absolute Gasteiger partial charge is 0.255 e. The van der Waals surface area contributed by atoms with Gasteiger partial charge in [-0.05, 0) is 30.2 Å². The van der Waals surface area contributed by atoms with E-state index < -0.39 is 5.66 Å². The zero-order valence-electron chi connectivity index (χ0n) is 14.4. The van der Waals surface area contributed by atoms with Crippen LogP contribution in [0.15, 0.2) is 41.4 Å². The van der Waals surface area contributed by atoms with Crippen molar-refractivity contribution in [2.45, 2.75) is 31.5 Å². The lowest BCUT2D eigenvalue weighted by Crippen LogP contribution is -2.51. The van der Waals surface area contributed by atoms with Crippen molar-refractivity contribution in [2.24, 2.45) is 10.7 Å². The number of rotatable bonds is 0. The summed E-state index contributed by atoms with van der Waals surface area (Å²) >= 11 is 0. The van der Waals surface area contributed by atoms with Crippen LogP contribution in [-0.4, -0.2) is 28.9 Å². The van der Waals surface area contributed by atoms with Gasteiger partial charge in [0.05, 0.1) is 11.6 Å². The van der Waals surface area contributed by atoms with Gasteiger partial charge in [0.1, 0.15) is 17.3 Å². The molecule has 3 aliphatic rings. The number of amides is 1. The molecule has 3 N–H and O–H groups in total. The second kappa shape index (κ2) is 5.06. The number of anilines is 1. The molecule has 3 heterocycles. The van der Waals surface area contributed by atoms with Crippen molar-refractivity contribution in [2.75, 3.05) is 11.9 Å². The van der Waals surface area contributed by atoms with Crippen LogP contribution >= 0.6 is 0 Å². The molecular formula is C20H19FN4O. The number of hydrogen-bond donors (Lipinski definition) is 2. The van der Waals surface area contributed by atoms with E-state index in [1.165, 1.54) is 6.07 Å². The van der Waals surface area contributed by atoms with Gasteiger partial charge < -0.3 is 16.0 Å². The summed E-state index contributed by atoms with van der Waals surface area (Å²) in [6, 6.07) is 10.8. The van der Waals surface area contributed by atoms with Crippen LogP contribution in [0.25, 0.3) is 0 Å². The van der Waals surface area contributed by atoms with Crippen molar-refractivity contribution < 1.29 is 9.18 Å². The van der Waals surface area contributed by atoms with Crippen molar-refractivity contribution >= 4 is 17.4 Å². The van der Waals surface area contributed by atoms with Crippen molar-refractivity contribution in [3.05, 3.63) is 64.5 Å². The third-order valence-electron chi connectivity index (χ3n) is 5.78. The lowest BCUT2D eigenvalue weighted by Gasteiger charge is -2.44. The molecule has 2 aromatic rings. The van der Waals surface area contributed by atoms with Gasteiger partial charge in [-0.3, -0.25) is 4.79 Å². The average molecular weight is 350 g/mol. The normalized spacial score (nSPS) is 26.1. The number of nitrogens with zero attached hydrogens (tertiary/aromatic N) is 2. The number of nitrogens with two attached hydrogens (primary N) is 1. The second-order valence-electron chi connectivity index (χ2n) is 7.32. The fourth-order valence-corrected chi connectivity index (χ4v) is 4.59. The van der Waals surface area contributed by atoms with Gasteiger partial charge in [0, 0.05) is 30.6 Å². The molecule has 1 unspecified atom stereocenters. The van der Waals surface area contributed by atoms with E-state index in [0.717, 1.165) is 16.7 Å². The maximum absolute atomic E-state index is 14.1. The third-order valence-corrected chi connectivity index (χ3v) is 5.78. The molecular weight excluding hydrogens is 331 g/mol. The summed E-state index contributed by atoms with van der Waals surface area (Å²) in [7, 11) is 0. The highest BCUT2D eigenvalue weighted by Gasteiger charge is 2.48. The molecule has 1 amide bonds. The van der Waals surface area contributed by atoms with Crippen LogP contribution in [0.5, 0.6) is 0 Å². The maximum Gasteiger partial charge on any atom is 0.255 e. The van der Waals surface area contributed by atoms with E-state index in [-0.39, 0.29) is 23.6 Å². The van der Waals surface area contributed by atoms with Crippen molar-refractivity contribution in [1.29, 1.82) is 0 Å². The Morgan fingerprint density at radius 1 is 1.27 bits per heavy atom. The molecule has 2 atom stereocenters. The number of nitrogens with one attached hydrogen (secondary N) is 1. The molecule has 0 saturated carbocycles. The molecule has 3 aliphatic heterocycles. The molecule has 6 heteroatoms. The fourth-order valence-electron chi connectivity index (χ4n) is 4.59. The second-order valence-corrected chi connectivity index (χ2v) is 7.32. The minimum Gasteiger partial charge on any atom is -0.383 e. The summed E-state index contributed by atoms with van der Waals surface area (Å²) in [6.07, 6.45) is 1.25. The molecule has 132 valence electrons. The van der Waals surface area contributed by atoms with Crippen LogP contribution in [0.2, 0.25) is 0 Å². The van der Waals surface area contributed by atoms with Gasteiger partial charge in [-0.25, -0.2) is 9.38 Å². The number of piperidine rings is 1. The average Bonchev–Trinajstić information content (AvgIpc) is 2.87. The lowest BCUT2D eigenvalue weighted by atomic mass is 9.86. The van der Waals surface area contributed by atoms with Crippen LogP contribution in [0.3, 0.4) is 0 Å². The number of aryl methyl sites for hydroxylation is 1. The van der Waals surface area contributed by atoms with E-state index in [9.17, 15) is 9.18 Å². The predicted octanol–water partition coefficient (Wildman–Crippen LogP) is 2.95. The fraction of sp³-hybridized carbons (Fsp3) is 0.300. The van der Waals surface area contributed by atoms with Gasteiger partial charge in [0.25, 0.3) is 5.91 Å². The van der Waals surface area contributed by atoms with E-state index in [2.05, 4.69) is 10.3 Å². The SMILES string of the molecule is Cc1cccc2c1C(=O)N1CC[C@]3(CC21)N=C(N)c1c(F)cccc1N3. The molecule has 2 aromatic carbocycles. The topological polar surface area (TPSA) is 70.7 Å². The number of carbonyl (C=O) groups is 1. The van der Waals surface area contributed by atoms with E-state index >= 15 is 0 Å². The van der Waals surface area contributed by atoms with Crippen molar-refractivity contribution in [3.8, 4) is 0 Å². The lowest BCUT2D eigenvalue weighted by molar-refractivity contribution is 0.0605. The Hall–Kier alpha value is -2.89. The zero-order valence-corrected chi connectivity index (χ0v) is 14.4. The molecule has 0 bridgehead atoms. The summed E-state index contributed by atoms with van der Waals surface area (Å²) in [5.74, 6) is -0.0585. The van der Waals surface area contributed by atoms with Crippen LogP contribution in [0.4, 0.5) is 10.1 Å². The minimum atomic E-state index is -0.613. The molecule has 0 radical (unpaired) electrons. The van der Waals surface area contributed by atoms with Gasteiger partial charge in [0.15, 0.2) is 0 Å². The van der Waals surface area contributed by atoms with Gasteiger partial charge >= 0.3 is 0 Å². The number of fused-ring (bicyclic) bond motifs is 4. The largest absolute Gasteiger partial charge is 0.383 e. The molecule has 1 saturated heterocycles. The molecule has 0 aliphatic carbocycles. The maximum atomic E-state index is 14.1. The Morgan fingerprint density at radius 2 is 2.08 bits per heavy atom. The molecule has 1 fully saturated rings. The van der Waals surface area contributed by atoms with Gasteiger partial charge in [-0.2, -0.15) is 0 Å². The highest BCUT2D eigenvalue weighted by molar-refractivity contribution is 6.04. The highest BCUT2D eigenvalue weighted by Crippen LogP contribution is 2.47. The van der Waals surface area contributed by atoms with E-state index in [4.69, 9.17) is 5.73 Å². The summed E-state index contributed by atoms with van der Waals surface area (Å²) in [5.41, 5.74) is 9.38. The zero-order chi connectivity index (χ0) is 18.1. The first kappa shape index (κ1) is 15.4. The molecule has 5 nitrogen and oxygen atoms in total. The number of halogens is 1. The first-order chi connectivity index (χ1) is 12.5. The van der Waals surface area contributed by atoms with Gasteiger partial charge in [0.2, 0.25) is 0 Å². The molecule has 1 spiro atoms. The Labute approximate surface area is 150 Å². The third kappa shape index (κ3) is 1.95. The number of benzene rings is 2.